The Hall–Kier alpha value is -3.24. The fraction of sp³-hybridized carbons (Fsp3) is 0.650. The van der Waals surface area contributed by atoms with Crippen molar-refractivity contribution in [1.29, 1.82) is 0 Å². The molecule has 2 bridgehead atoms. The molecule has 58 heavy (non-hydrogen) atoms. The summed E-state index contributed by atoms with van der Waals surface area (Å²) in [4.78, 5) is 57.8. The van der Waals surface area contributed by atoms with Crippen molar-refractivity contribution >= 4 is 45.2 Å². The van der Waals surface area contributed by atoms with Crippen molar-refractivity contribution in [3.63, 3.8) is 0 Å². The average Bonchev–Trinajstić information content (AvgIpc) is 3.15. The Kier molecular flexibility index (Phi) is 17.4. The zero-order valence-corrected chi connectivity index (χ0v) is 36.0. The maximum absolute atomic E-state index is 13.9. The third kappa shape index (κ3) is 11.9. The number of aliphatic hydroxyl groups excluding tert-OH is 1. The van der Waals surface area contributed by atoms with E-state index in [9.17, 15) is 29.4 Å². The highest BCUT2D eigenvalue weighted by molar-refractivity contribution is 8.77. The number of hydrogen-bond donors (Lipinski definition) is 4. The molecule has 4 N–H and O–H groups in total. The Balaban J connectivity index is 1.78. The van der Waals surface area contributed by atoms with E-state index in [1.807, 2.05) is 20.8 Å². The van der Waals surface area contributed by atoms with Crippen LogP contribution in [0.2, 0.25) is 0 Å². The van der Waals surface area contributed by atoms with Gasteiger partial charge in [-0.15, -0.1) is 0 Å². The molecular weight excluding hydrogens is 795 g/mol. The van der Waals surface area contributed by atoms with E-state index >= 15 is 0 Å². The molecule has 10 atom stereocenters. The smallest absolute Gasteiger partial charge is 0.411 e. The number of hydroxylamine groups is 1. The number of carbonyl (C=O) groups is 4. The van der Waals surface area contributed by atoms with Crippen LogP contribution in [-0.4, -0.2) is 144 Å². The lowest BCUT2D eigenvalue weighted by atomic mass is 9.75. The highest BCUT2D eigenvalue weighted by Crippen LogP contribution is 2.42. The Labute approximate surface area is 347 Å². The number of fused-ring (bicyclic) bond motifs is 2. The highest BCUT2D eigenvalue weighted by Gasteiger charge is 2.51. The number of carbonyl (C=O) groups excluding carboxylic acids is 4. The molecule has 320 valence electrons. The van der Waals surface area contributed by atoms with Gasteiger partial charge in [0.2, 0.25) is 5.91 Å². The number of alkyl carbamates (subject to hydrolysis) is 1. The number of aliphatic hydroxyl groups is 2. The van der Waals surface area contributed by atoms with Crippen LogP contribution in [0.25, 0.3) is 0 Å². The number of likely N-dealkylation sites (N-methyl/N-ethyl adjacent to an activating group) is 1. The van der Waals surface area contributed by atoms with Gasteiger partial charge in [0, 0.05) is 55.1 Å². The van der Waals surface area contributed by atoms with Crippen LogP contribution in [0.3, 0.4) is 0 Å². The van der Waals surface area contributed by atoms with Crippen LogP contribution in [0.4, 0.5) is 4.79 Å². The van der Waals surface area contributed by atoms with Crippen molar-refractivity contribution in [2.75, 3.05) is 40.2 Å². The van der Waals surface area contributed by atoms with Crippen LogP contribution < -0.4 is 10.8 Å². The van der Waals surface area contributed by atoms with E-state index in [0.717, 1.165) is 7.11 Å². The Morgan fingerprint density at radius 1 is 1.16 bits per heavy atom. The number of hydrogen-bond acceptors (Lipinski definition) is 16. The molecule has 0 aromatic rings. The largest absolute Gasteiger partial charge is 0.453 e. The molecule has 2 aliphatic carbocycles. The number of nitrogens with zero attached hydrogens (tertiary/aromatic N) is 1. The summed E-state index contributed by atoms with van der Waals surface area (Å²) in [5, 5.41) is 26.5. The first kappa shape index (κ1) is 47.4. The predicted octanol–water partition coefficient (Wildman–Crippen LogP) is 2.34. The molecule has 10 unspecified atom stereocenters. The van der Waals surface area contributed by atoms with Gasteiger partial charge < -0.3 is 48.4 Å². The number of rotatable bonds is 16. The lowest BCUT2D eigenvalue weighted by molar-refractivity contribution is -0.331. The van der Waals surface area contributed by atoms with Crippen molar-refractivity contribution < 1.29 is 62.6 Å². The summed E-state index contributed by atoms with van der Waals surface area (Å²) in [5.41, 5.74) is 0.618. The predicted molar refractivity (Wildman–Crippen MR) is 215 cm³/mol. The minimum absolute atomic E-state index is 0.00317. The van der Waals surface area contributed by atoms with Crippen LogP contribution in [0.5, 0.6) is 0 Å². The number of amides is 2. The van der Waals surface area contributed by atoms with Crippen LogP contribution in [0.15, 0.2) is 35.1 Å². The quantitative estimate of drug-likeness (QED) is 0.0763. The third-order valence-electron chi connectivity index (χ3n) is 9.85. The Bertz CT molecular complexity index is 1750. The monoisotopic (exact) mass is 849 g/mol. The molecule has 0 saturated carbocycles. The second-order valence-corrected chi connectivity index (χ2v) is 17.7. The van der Waals surface area contributed by atoms with Crippen molar-refractivity contribution in [3.05, 3.63) is 35.1 Å². The average molecular weight is 850 g/mol. The van der Waals surface area contributed by atoms with E-state index in [2.05, 4.69) is 34.5 Å². The van der Waals surface area contributed by atoms with Crippen LogP contribution >= 0.6 is 21.6 Å². The first-order valence-electron chi connectivity index (χ1n) is 18.9. The van der Waals surface area contributed by atoms with Crippen molar-refractivity contribution in [2.45, 2.75) is 126 Å². The summed E-state index contributed by atoms with van der Waals surface area (Å²) in [6.07, 6.45) is -4.02. The summed E-state index contributed by atoms with van der Waals surface area (Å²) >= 11 is 0. The molecule has 2 saturated heterocycles. The van der Waals surface area contributed by atoms with Gasteiger partial charge in [-0.3, -0.25) is 19.7 Å². The lowest BCUT2D eigenvalue weighted by Crippen LogP contribution is -2.64. The van der Waals surface area contributed by atoms with Gasteiger partial charge >= 0.3 is 6.09 Å². The van der Waals surface area contributed by atoms with Gasteiger partial charge in [-0.1, -0.05) is 51.3 Å². The fourth-order valence-electron chi connectivity index (χ4n) is 7.30. The second-order valence-electron chi connectivity index (χ2n) is 14.7. The minimum atomic E-state index is -2.05. The molecule has 16 nitrogen and oxygen atoms in total. The van der Waals surface area contributed by atoms with Crippen LogP contribution in [-0.2, 0) is 47.6 Å². The molecule has 2 aliphatic heterocycles. The zero-order valence-electron chi connectivity index (χ0n) is 34.3. The lowest BCUT2D eigenvalue weighted by Gasteiger charge is -2.47. The molecule has 0 aromatic carbocycles. The standard InChI is InChI=1S/C40H55N3O13S2/c1-10-43(25(4)45)27-22-53-31(19-30(27)50-7)56-36-35(47)33(42-52-9)24(3)54-37(36)55-29-15-13-11-12-14-17-40(49)21-28(46)34(41-38(48)51-8)32(29)26(40)16-18-57-58-39(5,6)20-23(2)44/h11-12,16,24,27,29-31,33,35-37,42,47,49H,10,18-22H2,1-9H3,(H,41,48). The molecule has 0 radical (unpaired) electrons. The number of ketones is 2. The zero-order chi connectivity index (χ0) is 42.8. The summed E-state index contributed by atoms with van der Waals surface area (Å²) in [7, 11) is 6.97. The molecule has 4 aliphatic rings. The maximum atomic E-state index is 13.9. The molecular formula is C40H55N3O13S2. The Morgan fingerprint density at radius 2 is 1.88 bits per heavy atom. The van der Waals surface area contributed by atoms with E-state index < -0.39 is 77.8 Å². The number of nitrogens with one attached hydrogen (secondary N) is 2. The summed E-state index contributed by atoms with van der Waals surface area (Å²) < 4.78 is 35.8. The first-order valence-corrected chi connectivity index (χ1v) is 21.2. The second kappa shape index (κ2) is 21.3. The van der Waals surface area contributed by atoms with Gasteiger partial charge in [-0.2, -0.15) is 5.48 Å². The number of allylic oxidation sites excluding steroid dienone is 3. The first-order chi connectivity index (χ1) is 27.5. The molecule has 2 heterocycles. The highest BCUT2D eigenvalue weighted by atomic mass is 33.1. The van der Waals surface area contributed by atoms with Gasteiger partial charge in [0.25, 0.3) is 0 Å². The minimum Gasteiger partial charge on any atom is -0.453 e. The normalized spacial score (nSPS) is 31.7. The van der Waals surface area contributed by atoms with Crippen molar-refractivity contribution in [3.8, 4) is 23.7 Å². The molecule has 4 rings (SSSR count). The van der Waals surface area contributed by atoms with Gasteiger partial charge in [-0.25, -0.2) is 4.79 Å². The van der Waals surface area contributed by atoms with Gasteiger partial charge in [0.15, 0.2) is 24.0 Å². The summed E-state index contributed by atoms with van der Waals surface area (Å²) in [5.74, 6) is 10.9. The molecule has 0 aromatic heterocycles. The summed E-state index contributed by atoms with van der Waals surface area (Å²) in [6.45, 7) is 11.0. The number of methoxy groups -OCH3 is 2. The topological polar surface area (TPSA) is 201 Å². The molecule has 0 spiro atoms. The van der Waals surface area contributed by atoms with Crippen LogP contribution in [0.1, 0.15) is 60.8 Å². The van der Waals surface area contributed by atoms with Crippen molar-refractivity contribution in [2.24, 2.45) is 0 Å². The van der Waals surface area contributed by atoms with Gasteiger partial charge in [0.05, 0.1) is 57.2 Å². The van der Waals surface area contributed by atoms with E-state index in [-0.39, 0.29) is 53.4 Å². The van der Waals surface area contributed by atoms with Gasteiger partial charge in [0.1, 0.15) is 24.1 Å². The van der Waals surface area contributed by atoms with E-state index in [4.69, 9.17) is 33.3 Å². The van der Waals surface area contributed by atoms with Crippen molar-refractivity contribution in [1.82, 2.24) is 15.7 Å². The molecule has 18 heteroatoms. The fourth-order valence-corrected chi connectivity index (χ4v) is 9.72. The van der Waals surface area contributed by atoms with E-state index in [0.29, 0.717) is 13.0 Å². The number of ether oxygens (including phenoxy) is 6. The summed E-state index contributed by atoms with van der Waals surface area (Å²) in [6, 6.07) is -1.21. The van der Waals surface area contributed by atoms with Crippen LogP contribution in [0, 0.1) is 23.7 Å². The third-order valence-corrected chi connectivity index (χ3v) is 13.0. The van der Waals surface area contributed by atoms with E-state index in [1.165, 1.54) is 61.8 Å². The molecule has 2 fully saturated rings. The molecule has 2 amide bonds. The maximum Gasteiger partial charge on any atom is 0.411 e. The van der Waals surface area contributed by atoms with E-state index in [1.54, 1.807) is 17.9 Å². The SMILES string of the molecule is CCN(C(C)=O)C1COC(OC2C(OC3C#CC=CC#CC4(O)CC(=O)C(NC(=O)OC)=C3C4=CCSSC(C)(C)CC(C)=O)OC(C)C(NOC)C2O)CC1OC. The Morgan fingerprint density at radius 3 is 2.52 bits per heavy atom. The van der Waals surface area contributed by atoms with Gasteiger partial charge in [-0.05, 0) is 46.8 Å². The number of Topliss-reactive ketones (excluding diaryl/α,β-unsaturated/α-hetero) is 2.